The van der Waals surface area contributed by atoms with Gasteiger partial charge in [-0.25, -0.2) is 4.98 Å². The fraction of sp³-hybridized carbons (Fsp3) is 0.333. The van der Waals surface area contributed by atoms with E-state index in [-0.39, 0.29) is 0 Å². The quantitative estimate of drug-likeness (QED) is 0.763. The first-order valence-electron chi connectivity index (χ1n) is 5.17. The molecule has 3 nitrogen and oxygen atoms in total. The molecule has 2 heterocycles. The predicted octanol–water partition coefficient (Wildman–Crippen LogP) is 2.45. The molecule has 0 aliphatic rings. The van der Waals surface area contributed by atoms with E-state index in [1.54, 1.807) is 0 Å². The van der Waals surface area contributed by atoms with E-state index in [1.165, 1.54) is 0 Å². The molecule has 2 rings (SSSR count). The summed E-state index contributed by atoms with van der Waals surface area (Å²) in [5.74, 6) is 0.481. The molecule has 3 heteroatoms. The third-order valence-corrected chi connectivity index (χ3v) is 2.32. The molecule has 0 N–H and O–H groups in total. The van der Waals surface area contributed by atoms with Crippen molar-refractivity contribution in [1.29, 1.82) is 0 Å². The molecular weight excluding hydrogens is 186 g/mol. The second-order valence-corrected chi connectivity index (χ2v) is 3.95. The molecule has 0 aliphatic heterocycles. The summed E-state index contributed by atoms with van der Waals surface area (Å²) in [6, 6.07) is 5.95. The number of rotatable bonds is 3. The van der Waals surface area contributed by atoms with Gasteiger partial charge >= 0.3 is 0 Å². The average Bonchev–Trinajstić information content (AvgIpc) is 2.68. The summed E-state index contributed by atoms with van der Waals surface area (Å²) >= 11 is 0. The van der Waals surface area contributed by atoms with Crippen molar-refractivity contribution in [1.82, 2.24) is 14.5 Å². The van der Waals surface area contributed by atoms with Crippen LogP contribution in [0.3, 0.4) is 0 Å². The largest absolute Gasteiger partial charge is 0.331 e. The van der Waals surface area contributed by atoms with Crippen LogP contribution in [-0.2, 0) is 6.54 Å². The third-order valence-electron chi connectivity index (χ3n) is 2.32. The van der Waals surface area contributed by atoms with Crippen molar-refractivity contribution in [3.05, 3.63) is 48.3 Å². The second-order valence-electron chi connectivity index (χ2n) is 3.95. The van der Waals surface area contributed by atoms with Gasteiger partial charge in [-0.05, 0) is 18.1 Å². The molecule has 0 atom stereocenters. The molecule has 0 saturated carbocycles. The first-order chi connectivity index (χ1) is 7.25. The van der Waals surface area contributed by atoms with E-state index in [2.05, 4.69) is 34.6 Å². The first kappa shape index (κ1) is 9.90. The Bertz CT molecular complexity index is 417. The van der Waals surface area contributed by atoms with Gasteiger partial charge in [0, 0.05) is 12.4 Å². The topological polar surface area (TPSA) is 30.7 Å². The fourth-order valence-corrected chi connectivity index (χ4v) is 1.44. The number of imidazole rings is 1. The number of hydrogen-bond donors (Lipinski definition) is 0. The molecule has 78 valence electrons. The number of nitrogens with zero attached hydrogens (tertiary/aromatic N) is 3. The van der Waals surface area contributed by atoms with Gasteiger partial charge in [-0.3, -0.25) is 4.98 Å². The van der Waals surface area contributed by atoms with Crippen molar-refractivity contribution in [3.63, 3.8) is 0 Å². The van der Waals surface area contributed by atoms with E-state index in [0.717, 1.165) is 17.9 Å². The smallest absolute Gasteiger partial charge is 0.0953 e. The maximum absolute atomic E-state index is 4.35. The maximum atomic E-state index is 4.35. The van der Waals surface area contributed by atoms with Crippen molar-refractivity contribution in [2.75, 3.05) is 0 Å². The molecule has 0 aliphatic carbocycles. The Morgan fingerprint density at radius 1 is 1.27 bits per heavy atom. The Balaban J connectivity index is 2.12. The van der Waals surface area contributed by atoms with Crippen LogP contribution in [0.25, 0.3) is 0 Å². The van der Waals surface area contributed by atoms with E-state index < -0.39 is 0 Å². The van der Waals surface area contributed by atoms with Crippen LogP contribution in [0.2, 0.25) is 0 Å². The van der Waals surface area contributed by atoms with Crippen LogP contribution in [0.4, 0.5) is 0 Å². The summed E-state index contributed by atoms with van der Waals surface area (Å²) in [5, 5.41) is 0. The molecule has 2 aromatic heterocycles. The van der Waals surface area contributed by atoms with Gasteiger partial charge in [0.1, 0.15) is 0 Å². The molecule has 0 unspecified atom stereocenters. The van der Waals surface area contributed by atoms with Gasteiger partial charge in [0.05, 0.1) is 24.3 Å². The minimum absolute atomic E-state index is 0.481. The summed E-state index contributed by atoms with van der Waals surface area (Å²) in [4.78, 5) is 8.63. The van der Waals surface area contributed by atoms with Gasteiger partial charge in [0.15, 0.2) is 0 Å². The number of aromatic nitrogens is 3. The Kier molecular flexibility index (Phi) is 2.81. The summed E-state index contributed by atoms with van der Waals surface area (Å²) in [6.45, 7) is 5.08. The van der Waals surface area contributed by atoms with Gasteiger partial charge < -0.3 is 4.57 Å². The highest BCUT2D eigenvalue weighted by Crippen LogP contribution is 2.11. The Morgan fingerprint density at radius 3 is 2.73 bits per heavy atom. The predicted molar refractivity (Wildman–Crippen MR) is 59.7 cm³/mol. The summed E-state index contributed by atoms with van der Waals surface area (Å²) in [5.41, 5.74) is 2.19. The molecular formula is C12H15N3. The lowest BCUT2D eigenvalue weighted by molar-refractivity contribution is 0.768. The summed E-state index contributed by atoms with van der Waals surface area (Å²) in [6.07, 6.45) is 5.76. The zero-order chi connectivity index (χ0) is 10.7. The van der Waals surface area contributed by atoms with Gasteiger partial charge in [-0.2, -0.15) is 0 Å². The standard InChI is InChI=1S/C12H15N3/c1-10(2)12-8-15(9-14-12)7-11-5-3-4-6-13-11/h3-6,8-10H,7H2,1-2H3. The second kappa shape index (κ2) is 4.26. The Hall–Kier alpha value is -1.64. The van der Waals surface area contributed by atoms with E-state index in [4.69, 9.17) is 0 Å². The fourth-order valence-electron chi connectivity index (χ4n) is 1.44. The van der Waals surface area contributed by atoms with Gasteiger partial charge in [0.25, 0.3) is 0 Å². The highest BCUT2D eigenvalue weighted by molar-refractivity contribution is 5.07. The van der Waals surface area contributed by atoms with E-state index in [0.29, 0.717) is 5.92 Å². The minimum atomic E-state index is 0.481. The molecule has 0 amide bonds. The third kappa shape index (κ3) is 2.43. The maximum Gasteiger partial charge on any atom is 0.0953 e. The van der Waals surface area contributed by atoms with Crippen molar-refractivity contribution in [3.8, 4) is 0 Å². The van der Waals surface area contributed by atoms with Crippen LogP contribution >= 0.6 is 0 Å². The van der Waals surface area contributed by atoms with Crippen LogP contribution in [0.5, 0.6) is 0 Å². The van der Waals surface area contributed by atoms with Crippen LogP contribution in [-0.4, -0.2) is 14.5 Å². The summed E-state index contributed by atoms with van der Waals surface area (Å²) < 4.78 is 2.07. The zero-order valence-corrected chi connectivity index (χ0v) is 9.09. The molecule has 0 radical (unpaired) electrons. The highest BCUT2D eigenvalue weighted by Gasteiger charge is 2.03. The molecule has 2 aromatic rings. The lowest BCUT2D eigenvalue weighted by Crippen LogP contribution is -1.98. The lowest BCUT2D eigenvalue weighted by atomic mass is 10.2. The van der Waals surface area contributed by atoms with Crippen molar-refractivity contribution >= 4 is 0 Å². The van der Waals surface area contributed by atoms with Crippen molar-refractivity contribution in [2.45, 2.75) is 26.3 Å². The van der Waals surface area contributed by atoms with E-state index >= 15 is 0 Å². The van der Waals surface area contributed by atoms with E-state index in [1.807, 2.05) is 30.7 Å². The molecule has 0 fully saturated rings. The van der Waals surface area contributed by atoms with Crippen LogP contribution in [0.15, 0.2) is 36.9 Å². The summed E-state index contributed by atoms with van der Waals surface area (Å²) in [7, 11) is 0. The number of pyridine rings is 1. The first-order valence-corrected chi connectivity index (χ1v) is 5.17. The van der Waals surface area contributed by atoms with Crippen LogP contribution in [0, 0.1) is 0 Å². The van der Waals surface area contributed by atoms with Gasteiger partial charge in [0.2, 0.25) is 0 Å². The Labute approximate surface area is 89.8 Å². The zero-order valence-electron chi connectivity index (χ0n) is 9.09. The SMILES string of the molecule is CC(C)c1cn(Cc2ccccn2)cn1. The minimum Gasteiger partial charge on any atom is -0.331 e. The molecule has 15 heavy (non-hydrogen) atoms. The molecule has 0 bridgehead atoms. The lowest BCUT2D eigenvalue weighted by Gasteiger charge is -2.01. The van der Waals surface area contributed by atoms with Crippen molar-refractivity contribution < 1.29 is 0 Å². The average molecular weight is 201 g/mol. The monoisotopic (exact) mass is 201 g/mol. The van der Waals surface area contributed by atoms with Crippen molar-refractivity contribution in [2.24, 2.45) is 0 Å². The number of hydrogen-bond acceptors (Lipinski definition) is 2. The molecule has 0 aromatic carbocycles. The van der Waals surface area contributed by atoms with Gasteiger partial charge in [-0.15, -0.1) is 0 Å². The van der Waals surface area contributed by atoms with E-state index in [9.17, 15) is 0 Å². The Morgan fingerprint density at radius 2 is 2.13 bits per heavy atom. The normalized spacial score (nSPS) is 10.9. The van der Waals surface area contributed by atoms with Crippen LogP contribution in [0.1, 0.15) is 31.2 Å². The highest BCUT2D eigenvalue weighted by atomic mass is 15.0. The molecule has 0 spiro atoms. The van der Waals surface area contributed by atoms with Crippen LogP contribution < -0.4 is 0 Å². The van der Waals surface area contributed by atoms with Gasteiger partial charge in [-0.1, -0.05) is 19.9 Å². The molecule has 0 saturated heterocycles.